The van der Waals surface area contributed by atoms with Crippen LogP contribution in [0.15, 0.2) is 36.4 Å². The number of rotatable bonds is 7. The lowest BCUT2D eigenvalue weighted by Gasteiger charge is -2.16. The predicted octanol–water partition coefficient (Wildman–Crippen LogP) is 5.80. The van der Waals surface area contributed by atoms with Gasteiger partial charge in [0.25, 0.3) is 5.91 Å². The fourth-order valence-corrected chi connectivity index (χ4v) is 2.61. The molecule has 8 heteroatoms. The Hall–Kier alpha value is -2.41. The van der Waals surface area contributed by atoms with Crippen LogP contribution in [-0.4, -0.2) is 19.1 Å². The molecule has 1 amide bonds. The number of hydrogen-bond donors (Lipinski definition) is 1. The molecule has 0 aliphatic carbocycles. The lowest BCUT2D eigenvalue weighted by molar-refractivity contribution is -0.136. The van der Waals surface area contributed by atoms with Gasteiger partial charge in [-0.05, 0) is 37.6 Å². The largest absolute Gasteiger partial charge is 0.490 e. The molecule has 0 heterocycles. The van der Waals surface area contributed by atoms with Crippen LogP contribution in [0.1, 0.15) is 36.2 Å². The van der Waals surface area contributed by atoms with Crippen LogP contribution in [-0.2, 0) is 6.18 Å². The number of carbonyl (C=O) groups is 1. The van der Waals surface area contributed by atoms with Crippen LogP contribution in [0.3, 0.4) is 0 Å². The standard InChI is InChI=1S/C19H19ClF3NO3/c1-3-9-27-17-14(20)10-12(11-16(17)26-4-2)18(25)24-15-8-6-5-7-13(15)19(21,22)23/h5-8,10-11H,3-4,9H2,1-2H3,(H,24,25). The quantitative estimate of drug-likeness (QED) is 0.638. The van der Waals surface area contributed by atoms with Gasteiger partial charge in [-0.2, -0.15) is 13.2 Å². The van der Waals surface area contributed by atoms with Crippen molar-refractivity contribution in [3.8, 4) is 11.5 Å². The first-order chi connectivity index (χ1) is 12.8. The zero-order valence-electron chi connectivity index (χ0n) is 14.8. The molecule has 0 aromatic heterocycles. The average molecular weight is 402 g/mol. The minimum atomic E-state index is -4.59. The van der Waals surface area contributed by atoms with Crippen LogP contribution in [0, 0.1) is 0 Å². The molecule has 2 aromatic carbocycles. The van der Waals surface area contributed by atoms with Gasteiger partial charge in [-0.15, -0.1) is 0 Å². The average Bonchev–Trinajstić information content (AvgIpc) is 2.60. The Morgan fingerprint density at radius 1 is 1.15 bits per heavy atom. The van der Waals surface area contributed by atoms with Crippen LogP contribution >= 0.6 is 11.6 Å². The van der Waals surface area contributed by atoms with E-state index in [1.54, 1.807) is 6.92 Å². The minimum absolute atomic E-state index is 0.0595. The monoisotopic (exact) mass is 401 g/mol. The van der Waals surface area contributed by atoms with Crippen LogP contribution in [0.25, 0.3) is 0 Å². The van der Waals surface area contributed by atoms with Gasteiger partial charge in [0.05, 0.1) is 29.5 Å². The van der Waals surface area contributed by atoms with Crippen molar-refractivity contribution in [2.75, 3.05) is 18.5 Å². The van der Waals surface area contributed by atoms with Crippen molar-refractivity contribution < 1.29 is 27.4 Å². The van der Waals surface area contributed by atoms with Gasteiger partial charge in [0.15, 0.2) is 11.5 Å². The van der Waals surface area contributed by atoms with E-state index in [0.717, 1.165) is 12.5 Å². The molecule has 2 rings (SSSR count). The molecular weight excluding hydrogens is 383 g/mol. The van der Waals surface area contributed by atoms with Gasteiger partial charge < -0.3 is 14.8 Å². The molecule has 0 aliphatic rings. The summed E-state index contributed by atoms with van der Waals surface area (Å²) in [4.78, 5) is 12.5. The Kier molecular flexibility index (Phi) is 6.96. The first kappa shape index (κ1) is 20.9. The van der Waals surface area contributed by atoms with Crippen molar-refractivity contribution in [1.29, 1.82) is 0 Å². The number of anilines is 1. The summed E-state index contributed by atoms with van der Waals surface area (Å²) >= 11 is 6.19. The second-order valence-electron chi connectivity index (χ2n) is 5.56. The molecule has 2 aromatic rings. The van der Waals surface area contributed by atoms with Gasteiger partial charge in [0, 0.05) is 5.56 Å². The van der Waals surface area contributed by atoms with Crippen LogP contribution in [0.5, 0.6) is 11.5 Å². The van der Waals surface area contributed by atoms with E-state index in [2.05, 4.69) is 5.32 Å². The highest BCUT2D eigenvalue weighted by Gasteiger charge is 2.33. The van der Waals surface area contributed by atoms with Crippen molar-refractivity contribution in [2.45, 2.75) is 26.4 Å². The van der Waals surface area contributed by atoms with Crippen molar-refractivity contribution in [3.63, 3.8) is 0 Å². The Labute approximate surface area is 160 Å². The molecule has 0 fully saturated rings. The van der Waals surface area contributed by atoms with E-state index >= 15 is 0 Å². The third-order valence-corrected chi connectivity index (χ3v) is 3.78. The number of ether oxygens (including phenoxy) is 2. The Balaban J connectivity index is 2.34. The van der Waals surface area contributed by atoms with Crippen molar-refractivity contribution in [2.24, 2.45) is 0 Å². The second kappa shape index (κ2) is 8.99. The van der Waals surface area contributed by atoms with E-state index in [9.17, 15) is 18.0 Å². The van der Waals surface area contributed by atoms with Gasteiger partial charge in [-0.1, -0.05) is 30.7 Å². The van der Waals surface area contributed by atoms with Gasteiger partial charge in [0.2, 0.25) is 0 Å². The summed E-state index contributed by atoms with van der Waals surface area (Å²) in [5, 5.41) is 2.42. The lowest BCUT2D eigenvalue weighted by Crippen LogP contribution is -2.17. The molecule has 4 nitrogen and oxygen atoms in total. The first-order valence-corrected chi connectivity index (χ1v) is 8.72. The van der Waals surface area contributed by atoms with Crippen molar-refractivity contribution in [3.05, 3.63) is 52.5 Å². The molecule has 146 valence electrons. The lowest BCUT2D eigenvalue weighted by atomic mass is 10.1. The maximum atomic E-state index is 13.1. The molecule has 0 saturated heterocycles. The third kappa shape index (κ3) is 5.29. The summed E-state index contributed by atoms with van der Waals surface area (Å²) in [6, 6.07) is 7.47. The number of carbonyl (C=O) groups excluding carboxylic acids is 1. The van der Waals surface area contributed by atoms with Crippen LogP contribution in [0.2, 0.25) is 5.02 Å². The fourth-order valence-electron chi connectivity index (χ4n) is 2.34. The maximum absolute atomic E-state index is 13.1. The molecule has 1 N–H and O–H groups in total. The van der Waals surface area contributed by atoms with Gasteiger partial charge >= 0.3 is 6.18 Å². The molecule has 0 spiro atoms. The zero-order valence-corrected chi connectivity index (χ0v) is 15.6. The van der Waals surface area contributed by atoms with E-state index in [4.69, 9.17) is 21.1 Å². The second-order valence-corrected chi connectivity index (χ2v) is 5.97. The number of halogens is 4. The SMILES string of the molecule is CCCOc1c(Cl)cc(C(=O)Nc2ccccc2C(F)(F)F)cc1OCC. The van der Waals surface area contributed by atoms with Crippen LogP contribution < -0.4 is 14.8 Å². The number of hydrogen-bond acceptors (Lipinski definition) is 3. The number of benzene rings is 2. The topological polar surface area (TPSA) is 47.6 Å². The maximum Gasteiger partial charge on any atom is 0.418 e. The number of para-hydroxylation sites is 1. The molecule has 0 unspecified atom stereocenters. The van der Waals surface area contributed by atoms with E-state index in [0.29, 0.717) is 19.0 Å². The zero-order chi connectivity index (χ0) is 20.0. The summed E-state index contributed by atoms with van der Waals surface area (Å²) in [7, 11) is 0. The molecule has 0 atom stereocenters. The summed E-state index contributed by atoms with van der Waals surface area (Å²) in [5.74, 6) is -0.183. The Bertz CT molecular complexity index is 809. The minimum Gasteiger partial charge on any atom is -0.490 e. The number of amides is 1. The van der Waals surface area contributed by atoms with Gasteiger partial charge in [0.1, 0.15) is 0 Å². The van der Waals surface area contributed by atoms with E-state index in [1.807, 2.05) is 6.92 Å². The molecule has 27 heavy (non-hydrogen) atoms. The highest BCUT2D eigenvalue weighted by molar-refractivity contribution is 6.32. The summed E-state index contributed by atoms with van der Waals surface area (Å²) in [6.07, 6.45) is -3.84. The molecule has 0 aliphatic heterocycles. The van der Waals surface area contributed by atoms with E-state index in [-0.39, 0.29) is 22.0 Å². The van der Waals surface area contributed by atoms with Gasteiger partial charge in [-0.3, -0.25) is 4.79 Å². The van der Waals surface area contributed by atoms with Crippen LogP contribution in [0.4, 0.5) is 18.9 Å². The summed E-state index contributed by atoms with van der Waals surface area (Å²) in [6.45, 7) is 4.39. The van der Waals surface area contributed by atoms with Crippen molar-refractivity contribution >= 4 is 23.2 Å². The third-order valence-electron chi connectivity index (χ3n) is 3.50. The predicted molar refractivity (Wildman–Crippen MR) is 97.8 cm³/mol. The first-order valence-electron chi connectivity index (χ1n) is 8.34. The highest BCUT2D eigenvalue weighted by Crippen LogP contribution is 2.38. The van der Waals surface area contributed by atoms with E-state index < -0.39 is 17.6 Å². The molecule has 0 saturated carbocycles. The molecule has 0 bridgehead atoms. The summed E-state index contributed by atoms with van der Waals surface area (Å²) < 4.78 is 50.3. The Morgan fingerprint density at radius 3 is 2.48 bits per heavy atom. The fraction of sp³-hybridized carbons (Fsp3) is 0.316. The number of nitrogens with one attached hydrogen (secondary N) is 1. The molecular formula is C19H19ClF3NO3. The summed E-state index contributed by atoms with van der Waals surface area (Å²) in [5.41, 5.74) is -1.21. The Morgan fingerprint density at radius 2 is 1.85 bits per heavy atom. The smallest absolute Gasteiger partial charge is 0.418 e. The van der Waals surface area contributed by atoms with Gasteiger partial charge in [-0.25, -0.2) is 0 Å². The molecule has 0 radical (unpaired) electrons. The van der Waals surface area contributed by atoms with Crippen molar-refractivity contribution in [1.82, 2.24) is 0 Å². The normalized spacial score (nSPS) is 11.2. The van der Waals surface area contributed by atoms with E-state index in [1.165, 1.54) is 30.3 Å². The highest BCUT2D eigenvalue weighted by atomic mass is 35.5. The number of alkyl halides is 3.